The Labute approximate surface area is 417 Å². The van der Waals surface area contributed by atoms with E-state index in [0.717, 1.165) is 95.5 Å². The van der Waals surface area contributed by atoms with Crippen LogP contribution in [0.4, 0.5) is 0 Å². The number of benzene rings is 3. The van der Waals surface area contributed by atoms with Crippen molar-refractivity contribution in [2.75, 3.05) is 20.3 Å². The molecule has 1 aliphatic heterocycles. The highest BCUT2D eigenvalue weighted by Crippen LogP contribution is 2.95. The fourth-order valence-electron chi connectivity index (χ4n) is 22.9. The Kier molecular flexibility index (Phi) is 9.94. The fraction of sp³-hybridized carbons (Fsp3) is 0.698. The van der Waals surface area contributed by atoms with Gasteiger partial charge < -0.3 is 29.9 Å². The van der Waals surface area contributed by atoms with E-state index in [1.54, 1.807) is 12.7 Å². The molecule has 0 radical (unpaired) electrons. The summed E-state index contributed by atoms with van der Waals surface area (Å²) in [7, 11) is 1.74. The van der Waals surface area contributed by atoms with Gasteiger partial charge in [-0.2, -0.15) is 0 Å². The second-order valence-electron chi connectivity index (χ2n) is 26.6. The summed E-state index contributed by atoms with van der Waals surface area (Å²) in [6.07, 6.45) is 14.5. The summed E-state index contributed by atoms with van der Waals surface area (Å²) in [5, 5.41) is 55.0. The van der Waals surface area contributed by atoms with Crippen molar-refractivity contribution in [1.82, 2.24) is 0 Å². The highest BCUT2D eigenvalue weighted by Gasteiger charge is 2.93. The first-order valence-corrected chi connectivity index (χ1v) is 28.1. The molecule has 5 spiro atoms. The van der Waals surface area contributed by atoms with Gasteiger partial charge in [0.1, 0.15) is 0 Å². The Morgan fingerprint density at radius 3 is 2.41 bits per heavy atom. The van der Waals surface area contributed by atoms with Crippen LogP contribution in [0.25, 0.3) is 10.8 Å². The lowest BCUT2D eigenvalue weighted by Gasteiger charge is -2.89. The summed E-state index contributed by atoms with van der Waals surface area (Å²) in [5.41, 5.74) is 1.52. The van der Waals surface area contributed by atoms with Crippen LogP contribution in [-0.2, 0) is 38.9 Å². The minimum absolute atomic E-state index is 0.0411. The lowest BCUT2D eigenvalue weighted by atomic mass is 9.13. The SMILES string of the molecule is CCCC1CC#CC23CCC45C(Cc6ccc(CCOC)cc6)OC(O)(CC(O)C4(CO)C24Cc2ccc6cccc7c6c2C2(CC7C6C7C(C)(CCC6(C)C(=O)O)CCC3(C)C72CC1)C4)C5CCC. The van der Waals surface area contributed by atoms with Crippen molar-refractivity contribution in [3.05, 3.63) is 82.4 Å². The van der Waals surface area contributed by atoms with Gasteiger partial charge in [0.15, 0.2) is 5.79 Å². The van der Waals surface area contributed by atoms with Crippen molar-refractivity contribution in [1.29, 1.82) is 0 Å². The van der Waals surface area contributed by atoms with Gasteiger partial charge >= 0.3 is 5.97 Å². The number of hydrogen-bond donors (Lipinski definition) is 4. The van der Waals surface area contributed by atoms with Gasteiger partial charge in [-0.05, 0) is 182 Å². The lowest BCUT2D eigenvalue weighted by Crippen LogP contribution is -2.87. The number of rotatable bonds is 11. The molecule has 70 heavy (non-hydrogen) atoms. The molecule has 6 saturated carbocycles. The first-order chi connectivity index (χ1) is 33.6. The fourth-order valence-corrected chi connectivity index (χ4v) is 22.9. The number of aliphatic hydroxyl groups is 3. The number of methoxy groups -OCH3 is 1. The van der Waals surface area contributed by atoms with Crippen LogP contribution in [0.1, 0.15) is 171 Å². The molecule has 1 heterocycles. The molecule has 3 aromatic carbocycles. The van der Waals surface area contributed by atoms with Gasteiger partial charge in [-0.3, -0.25) is 4.79 Å². The van der Waals surface area contributed by atoms with E-state index in [4.69, 9.17) is 9.47 Å². The molecule has 7 bridgehead atoms. The van der Waals surface area contributed by atoms with Crippen LogP contribution in [-0.4, -0.2) is 64.7 Å². The molecular weight excluding hydrogens is 869 g/mol. The third-order valence-corrected chi connectivity index (χ3v) is 25.0. The van der Waals surface area contributed by atoms with Gasteiger partial charge in [-0.15, -0.1) is 5.92 Å². The summed E-state index contributed by atoms with van der Waals surface area (Å²) in [6.45, 7) is 12.5. The summed E-state index contributed by atoms with van der Waals surface area (Å²) >= 11 is 0. The van der Waals surface area contributed by atoms with Crippen molar-refractivity contribution in [3.8, 4) is 11.8 Å². The molecule has 7 fully saturated rings. The average molecular weight is 949 g/mol. The van der Waals surface area contributed by atoms with Gasteiger partial charge in [0.05, 0.1) is 30.8 Å². The monoisotopic (exact) mass is 949 g/mol. The van der Waals surface area contributed by atoms with Crippen LogP contribution in [0.5, 0.6) is 0 Å². The van der Waals surface area contributed by atoms with Gasteiger partial charge in [-0.25, -0.2) is 0 Å². The molecule has 3 aromatic rings. The highest BCUT2D eigenvalue weighted by atomic mass is 16.6. The number of carboxylic acid groups (broad SMARTS) is 1. The molecule has 0 aromatic heterocycles. The molecule has 1 saturated heterocycles. The Morgan fingerprint density at radius 2 is 1.67 bits per heavy atom. The standard InChI is InChI=1S/C63H80O7/c1-7-11-39-13-10-24-58-30-31-60-46(12-8-2)63(68,70-48(60)33-41-18-16-40(17-19-41)23-32-69-6)36-47(65)62(60,38-64)59(58)34-43-21-20-42-14-9-15-44-45-35-57(37-59,50(43)49(42)44)61(25-22-39)52-51(45)55(4,53(66)67)28-26-54(52,3)27-29-56(58,61)5/h9,14-21,39,45-48,51-52,64-65,68H,7-8,11-13,22-23,25-38H2,1-6H3,(H,66,67). The normalized spacial score (nSPS) is 48.3. The van der Waals surface area contributed by atoms with E-state index in [1.165, 1.54) is 27.5 Å². The second kappa shape index (κ2) is 15.0. The first-order valence-electron chi connectivity index (χ1n) is 28.1. The number of aliphatic carboxylic acids is 1. The molecule has 4 N–H and O–H groups in total. The number of carboxylic acids is 1. The molecule has 17 atom stereocenters. The second-order valence-corrected chi connectivity index (χ2v) is 26.6. The zero-order valence-electron chi connectivity index (χ0n) is 43.1. The number of carbonyl (C=O) groups is 1. The zero-order chi connectivity index (χ0) is 48.7. The number of fused-ring (bicyclic) bond motifs is 4. The minimum atomic E-state index is -1.53. The number of aliphatic hydroxyl groups excluding tert-OH is 2. The molecule has 7 heteroatoms. The van der Waals surface area contributed by atoms with Crippen molar-refractivity contribution in [2.45, 2.75) is 186 Å². The molecule has 10 aliphatic rings. The van der Waals surface area contributed by atoms with Crippen molar-refractivity contribution < 1.29 is 34.7 Å². The third-order valence-electron chi connectivity index (χ3n) is 25.0. The van der Waals surface area contributed by atoms with Crippen molar-refractivity contribution >= 4 is 16.7 Å². The van der Waals surface area contributed by atoms with Crippen LogP contribution < -0.4 is 0 Å². The summed E-state index contributed by atoms with van der Waals surface area (Å²) < 4.78 is 12.8. The molecule has 0 amide bonds. The van der Waals surface area contributed by atoms with Crippen LogP contribution in [0.3, 0.4) is 0 Å². The minimum Gasteiger partial charge on any atom is -0.481 e. The molecular formula is C63H80O7. The third kappa shape index (κ3) is 4.94. The quantitative estimate of drug-likeness (QED) is 0.142. The zero-order valence-corrected chi connectivity index (χ0v) is 43.1. The average Bonchev–Trinajstić information content (AvgIpc) is 3.53. The topological polar surface area (TPSA) is 116 Å². The smallest absolute Gasteiger partial charge is 0.309 e. The molecule has 374 valence electrons. The van der Waals surface area contributed by atoms with Crippen LogP contribution >= 0.6 is 0 Å². The number of hydrogen-bond acceptors (Lipinski definition) is 6. The Morgan fingerprint density at radius 1 is 0.900 bits per heavy atom. The molecule has 13 rings (SSSR count). The van der Waals surface area contributed by atoms with Crippen molar-refractivity contribution in [3.63, 3.8) is 0 Å². The highest BCUT2D eigenvalue weighted by molar-refractivity contribution is 5.94. The first kappa shape index (κ1) is 46.5. The summed E-state index contributed by atoms with van der Waals surface area (Å²) in [6, 6.07) is 20.6. The van der Waals surface area contributed by atoms with E-state index in [-0.39, 0.29) is 58.4 Å². The van der Waals surface area contributed by atoms with Gasteiger partial charge in [0.25, 0.3) is 0 Å². The van der Waals surface area contributed by atoms with Crippen LogP contribution in [0.2, 0.25) is 0 Å². The van der Waals surface area contributed by atoms with E-state index >= 15 is 0 Å². The van der Waals surface area contributed by atoms with E-state index in [1.807, 2.05) is 0 Å². The summed E-state index contributed by atoms with van der Waals surface area (Å²) in [5.74, 6) is 6.74. The Bertz CT molecular complexity index is 2740. The van der Waals surface area contributed by atoms with Crippen molar-refractivity contribution in [2.24, 2.45) is 67.0 Å². The molecule has 17 unspecified atom stereocenters. The summed E-state index contributed by atoms with van der Waals surface area (Å²) in [4.78, 5) is 14.4. The van der Waals surface area contributed by atoms with E-state index in [9.17, 15) is 25.2 Å². The maximum Gasteiger partial charge on any atom is 0.309 e. The predicted molar refractivity (Wildman–Crippen MR) is 272 cm³/mol. The van der Waals surface area contributed by atoms with Gasteiger partial charge in [0, 0.05) is 52.9 Å². The Hall–Kier alpha value is -3.25. The van der Waals surface area contributed by atoms with E-state index in [2.05, 4.69) is 101 Å². The van der Waals surface area contributed by atoms with E-state index < -0.39 is 51.0 Å². The van der Waals surface area contributed by atoms with Gasteiger partial charge in [0.2, 0.25) is 0 Å². The van der Waals surface area contributed by atoms with Crippen LogP contribution in [0.15, 0.2) is 54.6 Å². The van der Waals surface area contributed by atoms with Gasteiger partial charge in [-0.1, -0.05) is 101 Å². The van der Waals surface area contributed by atoms with E-state index in [0.29, 0.717) is 38.2 Å². The Balaban J connectivity index is 1.15. The molecule has 7 nitrogen and oxygen atoms in total. The predicted octanol–water partition coefficient (Wildman–Crippen LogP) is 11.5. The maximum absolute atomic E-state index is 14.4. The molecule has 9 aliphatic carbocycles. The van der Waals surface area contributed by atoms with Crippen LogP contribution in [0, 0.1) is 78.8 Å². The maximum atomic E-state index is 14.4. The number of ether oxygens (including phenoxy) is 2. The lowest BCUT2D eigenvalue weighted by molar-refractivity contribution is -0.395. The largest absolute Gasteiger partial charge is 0.481 e.